The third-order valence-electron chi connectivity index (χ3n) is 3.55. The van der Waals surface area contributed by atoms with Crippen LogP contribution in [0.15, 0.2) is 48.5 Å². The maximum absolute atomic E-state index is 10.9. The molecule has 2 aromatic rings. The molecule has 0 saturated carbocycles. The van der Waals surface area contributed by atoms with Gasteiger partial charge in [-0.2, -0.15) is 5.26 Å². The van der Waals surface area contributed by atoms with Gasteiger partial charge in [-0.1, -0.05) is 36.4 Å². The maximum atomic E-state index is 10.9. The fourth-order valence-corrected chi connectivity index (χ4v) is 2.65. The van der Waals surface area contributed by atoms with Crippen LogP contribution in [0.5, 0.6) is 0 Å². The molecule has 0 spiro atoms. The number of para-hydroxylation sites is 2. The molecule has 1 heterocycles. The number of benzene rings is 2. The van der Waals surface area contributed by atoms with E-state index in [9.17, 15) is 10.1 Å². The molecule has 20 heavy (non-hydrogen) atoms. The number of hydrogen-bond acceptors (Lipinski definition) is 3. The summed E-state index contributed by atoms with van der Waals surface area (Å²) in [4.78, 5) is 10.9. The number of nitriles is 1. The number of hydrazine groups is 1. The minimum absolute atomic E-state index is 0.217. The Hall–Kier alpha value is -2.80. The summed E-state index contributed by atoms with van der Waals surface area (Å²) in [5, 5.41) is 11.2. The van der Waals surface area contributed by atoms with Crippen molar-refractivity contribution in [2.75, 3.05) is 5.01 Å². The fourth-order valence-electron chi connectivity index (χ4n) is 2.65. The first-order valence-corrected chi connectivity index (χ1v) is 6.41. The first kappa shape index (κ1) is 12.2. The third kappa shape index (κ3) is 1.90. The number of nitrogens with one attached hydrogen (secondary N) is 1. The zero-order valence-corrected chi connectivity index (χ0v) is 10.8. The van der Waals surface area contributed by atoms with Gasteiger partial charge in [0.1, 0.15) is 0 Å². The van der Waals surface area contributed by atoms with Crippen molar-refractivity contribution in [2.45, 2.75) is 12.3 Å². The highest BCUT2D eigenvalue weighted by molar-refractivity contribution is 5.74. The summed E-state index contributed by atoms with van der Waals surface area (Å²) in [6.45, 7) is 0. The lowest BCUT2D eigenvalue weighted by Gasteiger charge is -2.25. The quantitative estimate of drug-likeness (QED) is 0.847. The monoisotopic (exact) mass is 263 g/mol. The van der Waals surface area contributed by atoms with Crippen LogP contribution in [0.3, 0.4) is 0 Å². The molecule has 1 atom stereocenters. The number of carbonyl (C=O) groups is 1. The second kappa shape index (κ2) is 5.06. The largest absolute Gasteiger partial charge is 0.277 e. The average Bonchev–Trinajstić information content (AvgIpc) is 2.63. The van der Waals surface area contributed by atoms with E-state index in [2.05, 4.69) is 11.5 Å². The van der Waals surface area contributed by atoms with Crippen molar-refractivity contribution in [3.8, 4) is 6.07 Å². The highest BCUT2D eigenvalue weighted by Crippen LogP contribution is 2.39. The summed E-state index contributed by atoms with van der Waals surface area (Å²) >= 11 is 0. The zero-order valence-electron chi connectivity index (χ0n) is 10.8. The Labute approximate surface area is 117 Å². The lowest BCUT2D eigenvalue weighted by molar-refractivity contribution is -0.109. The van der Waals surface area contributed by atoms with Gasteiger partial charge in [0.15, 0.2) is 0 Å². The topological polar surface area (TPSA) is 56.1 Å². The Morgan fingerprint density at radius 1 is 1.15 bits per heavy atom. The van der Waals surface area contributed by atoms with Crippen molar-refractivity contribution in [3.05, 3.63) is 59.7 Å². The molecular weight excluding hydrogens is 250 g/mol. The van der Waals surface area contributed by atoms with E-state index in [1.807, 2.05) is 48.5 Å². The van der Waals surface area contributed by atoms with Gasteiger partial charge in [0.05, 0.1) is 23.4 Å². The summed E-state index contributed by atoms with van der Waals surface area (Å²) in [6, 6.07) is 17.8. The van der Waals surface area contributed by atoms with Crippen LogP contribution in [-0.2, 0) is 11.2 Å². The number of anilines is 2. The number of rotatable bonds is 2. The van der Waals surface area contributed by atoms with Crippen LogP contribution in [0.2, 0.25) is 0 Å². The number of nitrogens with zero attached hydrogens (tertiary/aromatic N) is 2. The molecule has 0 saturated heterocycles. The fraction of sp³-hybridized carbons (Fsp3) is 0.125. The van der Waals surface area contributed by atoms with Gasteiger partial charge in [0.2, 0.25) is 6.41 Å². The SMILES string of the molecule is N#CC1Cc2ccccc2N(NC=O)c2ccccc21. The molecule has 4 nitrogen and oxygen atoms in total. The molecule has 1 N–H and O–H groups in total. The second-order valence-corrected chi connectivity index (χ2v) is 4.66. The molecule has 2 aromatic carbocycles. The van der Waals surface area contributed by atoms with Crippen molar-refractivity contribution < 1.29 is 4.79 Å². The van der Waals surface area contributed by atoms with Gasteiger partial charge in [0.25, 0.3) is 0 Å². The number of fused-ring (bicyclic) bond motifs is 2. The van der Waals surface area contributed by atoms with E-state index in [-0.39, 0.29) is 5.92 Å². The molecule has 4 heteroatoms. The van der Waals surface area contributed by atoms with Crippen LogP contribution >= 0.6 is 0 Å². The van der Waals surface area contributed by atoms with Gasteiger partial charge in [0, 0.05) is 0 Å². The lowest BCUT2D eigenvalue weighted by Crippen LogP contribution is -2.33. The van der Waals surface area contributed by atoms with Crippen molar-refractivity contribution in [2.24, 2.45) is 0 Å². The molecule has 98 valence electrons. The van der Waals surface area contributed by atoms with Crippen LogP contribution in [-0.4, -0.2) is 6.41 Å². The maximum Gasteiger partial charge on any atom is 0.226 e. The number of hydrogen-bond donors (Lipinski definition) is 1. The summed E-state index contributed by atoms with van der Waals surface area (Å²) in [5.41, 5.74) is 6.45. The molecule has 0 bridgehead atoms. The Balaban J connectivity index is 2.25. The van der Waals surface area contributed by atoms with Crippen LogP contribution in [0.1, 0.15) is 17.0 Å². The number of amides is 1. The van der Waals surface area contributed by atoms with E-state index in [1.165, 1.54) is 0 Å². The Bertz CT molecular complexity index is 690. The van der Waals surface area contributed by atoms with Gasteiger partial charge in [-0.25, -0.2) is 0 Å². The van der Waals surface area contributed by atoms with E-state index in [4.69, 9.17) is 0 Å². The molecule has 1 unspecified atom stereocenters. The minimum atomic E-state index is -0.217. The lowest BCUT2D eigenvalue weighted by atomic mass is 9.93. The summed E-state index contributed by atoms with van der Waals surface area (Å²) in [7, 11) is 0. The van der Waals surface area contributed by atoms with Gasteiger partial charge in [-0.3, -0.25) is 15.2 Å². The van der Waals surface area contributed by atoms with Crippen LogP contribution in [0.25, 0.3) is 0 Å². The molecular formula is C16H13N3O. The second-order valence-electron chi connectivity index (χ2n) is 4.66. The van der Waals surface area contributed by atoms with Crippen molar-refractivity contribution in [1.82, 2.24) is 5.43 Å². The molecule has 0 radical (unpaired) electrons. The average molecular weight is 263 g/mol. The van der Waals surface area contributed by atoms with Gasteiger partial charge in [-0.05, 0) is 29.7 Å². The Kier molecular flexibility index (Phi) is 3.10. The van der Waals surface area contributed by atoms with Crippen molar-refractivity contribution in [1.29, 1.82) is 5.26 Å². The smallest absolute Gasteiger partial charge is 0.226 e. The van der Waals surface area contributed by atoms with Crippen molar-refractivity contribution >= 4 is 17.8 Å². The molecule has 1 aliphatic rings. The van der Waals surface area contributed by atoms with Crippen molar-refractivity contribution in [3.63, 3.8) is 0 Å². The molecule has 3 rings (SSSR count). The zero-order chi connectivity index (χ0) is 13.9. The Morgan fingerprint density at radius 3 is 2.60 bits per heavy atom. The molecule has 1 amide bonds. The molecule has 0 aromatic heterocycles. The first-order valence-electron chi connectivity index (χ1n) is 6.41. The van der Waals surface area contributed by atoms with Crippen LogP contribution in [0, 0.1) is 11.3 Å². The van der Waals surface area contributed by atoms with Gasteiger partial charge in [-0.15, -0.1) is 0 Å². The highest BCUT2D eigenvalue weighted by atomic mass is 16.1. The number of carbonyl (C=O) groups excluding carboxylic acids is 1. The van der Waals surface area contributed by atoms with E-state index >= 15 is 0 Å². The highest BCUT2D eigenvalue weighted by Gasteiger charge is 2.26. The van der Waals surface area contributed by atoms with E-state index < -0.39 is 0 Å². The summed E-state index contributed by atoms with van der Waals surface area (Å²) < 4.78 is 0. The normalized spacial score (nSPS) is 16.4. The van der Waals surface area contributed by atoms with Gasteiger partial charge < -0.3 is 0 Å². The van der Waals surface area contributed by atoms with Crippen LogP contribution in [0.4, 0.5) is 11.4 Å². The van der Waals surface area contributed by atoms with E-state index in [0.29, 0.717) is 12.8 Å². The predicted molar refractivity (Wildman–Crippen MR) is 76.3 cm³/mol. The molecule has 0 aliphatic carbocycles. The van der Waals surface area contributed by atoms with Gasteiger partial charge >= 0.3 is 0 Å². The Morgan fingerprint density at radius 2 is 1.85 bits per heavy atom. The standard InChI is InChI=1S/C16H13N3O/c17-10-13-9-12-5-1-3-7-15(12)19(18-11-20)16-8-4-2-6-14(13)16/h1-8,11,13H,9H2,(H,18,20). The van der Waals surface area contributed by atoms with Crippen LogP contribution < -0.4 is 10.4 Å². The first-order chi connectivity index (χ1) is 9.85. The predicted octanol–water partition coefficient (Wildman–Crippen LogP) is 2.65. The minimum Gasteiger partial charge on any atom is -0.277 e. The third-order valence-corrected chi connectivity index (χ3v) is 3.55. The van der Waals surface area contributed by atoms with E-state index in [0.717, 1.165) is 22.5 Å². The molecule has 1 aliphatic heterocycles. The summed E-state index contributed by atoms with van der Waals surface area (Å²) in [6.07, 6.45) is 1.29. The molecule has 0 fully saturated rings. The summed E-state index contributed by atoms with van der Waals surface area (Å²) in [5.74, 6) is -0.217. The van der Waals surface area contributed by atoms with E-state index in [1.54, 1.807) is 5.01 Å².